The monoisotopic (exact) mass is 317 g/mol. The number of carboxylic acids is 1. The number of methoxy groups -OCH3 is 1. The molecule has 0 aliphatic carbocycles. The van der Waals surface area contributed by atoms with E-state index in [2.05, 4.69) is 4.72 Å². The molecule has 7 nitrogen and oxygen atoms in total. The summed E-state index contributed by atoms with van der Waals surface area (Å²) >= 11 is 0. The van der Waals surface area contributed by atoms with Crippen molar-refractivity contribution in [1.82, 2.24) is 4.72 Å². The molecule has 0 spiro atoms. The standard InChI is InChI=1S/C13H19NO6S/c1-4-20-12-6-5-10(7-9(12)2)21(17,18)14-11(8-19-3)13(15)16/h5-7,11,14H,4,8H2,1-3H3,(H,15,16). The molecule has 0 saturated heterocycles. The van der Waals surface area contributed by atoms with Gasteiger partial charge >= 0.3 is 5.97 Å². The number of carboxylic acid groups (broad SMARTS) is 1. The summed E-state index contributed by atoms with van der Waals surface area (Å²) in [6.45, 7) is 3.76. The van der Waals surface area contributed by atoms with E-state index >= 15 is 0 Å². The summed E-state index contributed by atoms with van der Waals surface area (Å²) in [5.41, 5.74) is 0.651. The van der Waals surface area contributed by atoms with E-state index in [-0.39, 0.29) is 11.5 Å². The zero-order valence-corrected chi connectivity index (χ0v) is 12.9. The number of nitrogens with one attached hydrogen (secondary N) is 1. The Bertz CT molecular complexity index is 599. The predicted molar refractivity (Wildman–Crippen MR) is 76.0 cm³/mol. The molecule has 1 atom stereocenters. The Morgan fingerprint density at radius 1 is 1.43 bits per heavy atom. The van der Waals surface area contributed by atoms with Crippen LogP contribution in [0.25, 0.3) is 0 Å². The lowest BCUT2D eigenvalue weighted by molar-refractivity contribution is -0.140. The van der Waals surface area contributed by atoms with Crippen LogP contribution in [0.15, 0.2) is 23.1 Å². The molecule has 2 N–H and O–H groups in total. The molecule has 0 aliphatic rings. The molecule has 0 amide bonds. The van der Waals surface area contributed by atoms with Gasteiger partial charge in [0.2, 0.25) is 10.0 Å². The second-order valence-corrected chi connectivity index (χ2v) is 6.04. The van der Waals surface area contributed by atoms with E-state index in [0.29, 0.717) is 17.9 Å². The van der Waals surface area contributed by atoms with Gasteiger partial charge < -0.3 is 14.6 Å². The Morgan fingerprint density at radius 2 is 2.10 bits per heavy atom. The minimum absolute atomic E-state index is 0.0224. The van der Waals surface area contributed by atoms with Gasteiger partial charge in [0.25, 0.3) is 0 Å². The highest BCUT2D eigenvalue weighted by molar-refractivity contribution is 7.89. The van der Waals surface area contributed by atoms with Gasteiger partial charge in [-0.25, -0.2) is 8.42 Å². The zero-order valence-electron chi connectivity index (χ0n) is 12.1. The van der Waals surface area contributed by atoms with Crippen molar-refractivity contribution in [3.05, 3.63) is 23.8 Å². The van der Waals surface area contributed by atoms with E-state index in [0.717, 1.165) is 0 Å². The average molecular weight is 317 g/mol. The Kier molecular flexibility index (Phi) is 6.13. The molecule has 0 fully saturated rings. The second-order valence-electron chi connectivity index (χ2n) is 4.33. The third-order valence-corrected chi connectivity index (χ3v) is 4.15. The molecular weight excluding hydrogens is 298 g/mol. The first-order valence-corrected chi connectivity index (χ1v) is 7.77. The van der Waals surface area contributed by atoms with Crippen molar-refractivity contribution < 1.29 is 27.8 Å². The van der Waals surface area contributed by atoms with Gasteiger partial charge in [-0.15, -0.1) is 0 Å². The number of ether oxygens (including phenoxy) is 2. The summed E-state index contributed by atoms with van der Waals surface area (Å²) in [5.74, 6) is -0.716. The molecule has 0 bridgehead atoms. The molecular formula is C13H19NO6S. The van der Waals surface area contributed by atoms with Gasteiger partial charge in [-0.05, 0) is 37.6 Å². The van der Waals surface area contributed by atoms with Crippen LogP contribution in [0.1, 0.15) is 12.5 Å². The predicted octanol–water partition coefficient (Wildman–Crippen LogP) is 0.772. The molecule has 0 heterocycles. The summed E-state index contributed by atoms with van der Waals surface area (Å²) in [5, 5.41) is 8.96. The smallest absolute Gasteiger partial charge is 0.324 e. The molecule has 1 rings (SSSR count). The van der Waals surface area contributed by atoms with Crippen molar-refractivity contribution in [2.45, 2.75) is 24.8 Å². The largest absolute Gasteiger partial charge is 0.494 e. The van der Waals surface area contributed by atoms with Crippen molar-refractivity contribution in [3.63, 3.8) is 0 Å². The van der Waals surface area contributed by atoms with E-state index in [4.69, 9.17) is 14.6 Å². The molecule has 118 valence electrons. The van der Waals surface area contributed by atoms with Gasteiger partial charge in [-0.1, -0.05) is 0 Å². The maximum Gasteiger partial charge on any atom is 0.324 e. The van der Waals surface area contributed by atoms with Crippen LogP contribution in [0, 0.1) is 6.92 Å². The van der Waals surface area contributed by atoms with Crippen molar-refractivity contribution in [1.29, 1.82) is 0 Å². The van der Waals surface area contributed by atoms with Crippen LogP contribution in [0.4, 0.5) is 0 Å². The molecule has 1 aromatic carbocycles. The van der Waals surface area contributed by atoms with Crippen LogP contribution in [-0.2, 0) is 19.6 Å². The first-order chi connectivity index (χ1) is 9.81. The lowest BCUT2D eigenvalue weighted by atomic mass is 10.2. The van der Waals surface area contributed by atoms with Gasteiger partial charge in [-0.3, -0.25) is 4.79 Å². The number of aliphatic carboxylic acids is 1. The van der Waals surface area contributed by atoms with E-state index in [1.807, 2.05) is 6.92 Å². The fourth-order valence-electron chi connectivity index (χ4n) is 1.68. The minimum Gasteiger partial charge on any atom is -0.494 e. The molecule has 8 heteroatoms. The van der Waals surface area contributed by atoms with Crippen molar-refractivity contribution in [2.24, 2.45) is 0 Å². The van der Waals surface area contributed by atoms with Crippen molar-refractivity contribution in [3.8, 4) is 5.75 Å². The van der Waals surface area contributed by atoms with Crippen LogP contribution in [0.5, 0.6) is 5.75 Å². The van der Waals surface area contributed by atoms with Gasteiger partial charge in [0.15, 0.2) is 0 Å². The molecule has 21 heavy (non-hydrogen) atoms. The number of hydrogen-bond acceptors (Lipinski definition) is 5. The summed E-state index contributed by atoms with van der Waals surface area (Å²) < 4.78 is 36.5. The normalized spacial score (nSPS) is 12.9. The molecule has 1 aromatic rings. The Balaban J connectivity index is 3.02. The number of benzene rings is 1. The highest BCUT2D eigenvalue weighted by Gasteiger charge is 2.25. The van der Waals surface area contributed by atoms with E-state index < -0.39 is 22.0 Å². The van der Waals surface area contributed by atoms with Gasteiger partial charge in [0, 0.05) is 7.11 Å². The van der Waals surface area contributed by atoms with E-state index in [9.17, 15) is 13.2 Å². The number of hydrogen-bond donors (Lipinski definition) is 2. The van der Waals surface area contributed by atoms with Crippen LogP contribution in [-0.4, -0.2) is 45.9 Å². The third kappa shape index (κ3) is 4.69. The van der Waals surface area contributed by atoms with Crippen molar-refractivity contribution in [2.75, 3.05) is 20.3 Å². The van der Waals surface area contributed by atoms with Gasteiger partial charge in [0.05, 0.1) is 18.1 Å². The third-order valence-electron chi connectivity index (χ3n) is 2.69. The SMILES string of the molecule is CCOc1ccc(S(=O)(=O)NC(COC)C(=O)O)cc1C. The molecule has 0 radical (unpaired) electrons. The average Bonchev–Trinajstić information content (AvgIpc) is 2.40. The Morgan fingerprint density at radius 3 is 2.57 bits per heavy atom. The molecule has 0 saturated carbocycles. The Hall–Kier alpha value is -1.64. The fraction of sp³-hybridized carbons (Fsp3) is 0.462. The quantitative estimate of drug-likeness (QED) is 0.734. The van der Waals surface area contributed by atoms with Gasteiger partial charge in [0.1, 0.15) is 11.8 Å². The topological polar surface area (TPSA) is 102 Å². The maximum atomic E-state index is 12.2. The van der Waals surface area contributed by atoms with Gasteiger partial charge in [-0.2, -0.15) is 4.72 Å². The Labute approximate surface area is 123 Å². The number of rotatable bonds is 8. The summed E-state index contributed by atoms with van der Waals surface area (Å²) in [6, 6.07) is 3.00. The summed E-state index contributed by atoms with van der Waals surface area (Å²) in [4.78, 5) is 11.0. The van der Waals surface area contributed by atoms with Crippen LogP contribution < -0.4 is 9.46 Å². The lowest BCUT2D eigenvalue weighted by Gasteiger charge is -2.15. The summed E-state index contributed by atoms with van der Waals surface area (Å²) in [6.07, 6.45) is 0. The number of aryl methyl sites for hydroxylation is 1. The molecule has 0 aromatic heterocycles. The highest BCUT2D eigenvalue weighted by atomic mass is 32.2. The fourth-order valence-corrected chi connectivity index (χ4v) is 2.94. The molecule has 0 aliphatic heterocycles. The molecule has 1 unspecified atom stereocenters. The zero-order chi connectivity index (χ0) is 16.0. The van der Waals surface area contributed by atoms with E-state index in [1.165, 1.54) is 19.2 Å². The minimum atomic E-state index is -3.95. The number of carbonyl (C=O) groups is 1. The van der Waals surface area contributed by atoms with Crippen LogP contribution >= 0.6 is 0 Å². The lowest BCUT2D eigenvalue weighted by Crippen LogP contribution is -2.43. The van der Waals surface area contributed by atoms with Crippen LogP contribution in [0.2, 0.25) is 0 Å². The maximum absolute atomic E-state index is 12.2. The number of sulfonamides is 1. The first-order valence-electron chi connectivity index (χ1n) is 6.29. The van der Waals surface area contributed by atoms with Crippen LogP contribution in [0.3, 0.4) is 0 Å². The van der Waals surface area contributed by atoms with Crippen molar-refractivity contribution >= 4 is 16.0 Å². The highest BCUT2D eigenvalue weighted by Crippen LogP contribution is 2.21. The first kappa shape index (κ1) is 17.4. The van der Waals surface area contributed by atoms with E-state index in [1.54, 1.807) is 13.0 Å². The summed E-state index contributed by atoms with van der Waals surface area (Å²) in [7, 11) is -2.65. The second kappa shape index (κ2) is 7.39.